The zero-order valence-electron chi connectivity index (χ0n) is 7.61. The Morgan fingerprint density at radius 2 is 2.43 bits per heavy atom. The first-order valence-corrected chi connectivity index (χ1v) is 4.17. The van der Waals surface area contributed by atoms with E-state index in [1.165, 1.54) is 0 Å². The molecule has 0 saturated carbocycles. The molecule has 1 aromatic heterocycles. The van der Waals surface area contributed by atoms with Gasteiger partial charge in [0.15, 0.2) is 0 Å². The molecule has 1 fully saturated rings. The highest BCUT2D eigenvalue weighted by Crippen LogP contribution is 2.08. The van der Waals surface area contributed by atoms with Crippen molar-refractivity contribution < 1.29 is 14.1 Å². The summed E-state index contributed by atoms with van der Waals surface area (Å²) in [4.78, 5) is 23.4. The van der Waals surface area contributed by atoms with Crippen LogP contribution in [0.1, 0.15) is 11.5 Å². The van der Waals surface area contributed by atoms with Gasteiger partial charge in [-0.15, -0.1) is 0 Å². The Kier molecular flexibility index (Phi) is 1.95. The summed E-state index contributed by atoms with van der Waals surface area (Å²) in [6.45, 7) is 1.99. The standard InChI is InChI=1S/C8H9N3O3/c1-5-2-6(10-14-5)4-11-7(12)3-9-8(11)13/h2H,3-4H2,1H3,(H,9,13). The average molecular weight is 195 g/mol. The second-order valence-electron chi connectivity index (χ2n) is 3.07. The van der Waals surface area contributed by atoms with Crippen LogP contribution in [0, 0.1) is 6.92 Å². The van der Waals surface area contributed by atoms with E-state index in [1.54, 1.807) is 13.0 Å². The normalized spacial score (nSPS) is 16.2. The number of nitrogens with zero attached hydrogens (tertiary/aromatic N) is 2. The van der Waals surface area contributed by atoms with Gasteiger partial charge in [-0.05, 0) is 6.92 Å². The smallest absolute Gasteiger partial charge is 0.324 e. The predicted octanol–water partition coefficient (Wildman–Crippen LogP) is 0.0348. The highest BCUT2D eigenvalue weighted by molar-refractivity contribution is 6.01. The number of imide groups is 1. The van der Waals surface area contributed by atoms with Gasteiger partial charge in [0.05, 0.1) is 13.1 Å². The van der Waals surface area contributed by atoms with Crippen LogP contribution in [-0.2, 0) is 11.3 Å². The maximum Gasteiger partial charge on any atom is 0.324 e. The number of aryl methyl sites for hydroxylation is 1. The Bertz CT molecular complexity index is 369. The summed E-state index contributed by atoms with van der Waals surface area (Å²) in [5, 5.41) is 6.12. The molecule has 0 aliphatic carbocycles. The van der Waals surface area contributed by atoms with Crippen molar-refractivity contribution in [2.24, 2.45) is 0 Å². The highest BCUT2D eigenvalue weighted by Gasteiger charge is 2.28. The number of hydrogen-bond acceptors (Lipinski definition) is 4. The van der Waals surface area contributed by atoms with Gasteiger partial charge in [0, 0.05) is 6.07 Å². The summed E-state index contributed by atoms with van der Waals surface area (Å²) >= 11 is 0. The molecule has 0 unspecified atom stereocenters. The molecule has 0 bridgehead atoms. The van der Waals surface area contributed by atoms with Gasteiger partial charge in [-0.25, -0.2) is 4.79 Å². The van der Waals surface area contributed by atoms with Crippen molar-refractivity contribution >= 4 is 11.9 Å². The van der Waals surface area contributed by atoms with E-state index in [1.807, 2.05) is 0 Å². The Labute approximate surface area is 79.8 Å². The minimum atomic E-state index is -0.379. The maximum absolute atomic E-state index is 11.2. The van der Waals surface area contributed by atoms with Crippen LogP contribution in [-0.4, -0.2) is 28.5 Å². The lowest BCUT2D eigenvalue weighted by Crippen LogP contribution is -2.30. The number of hydrogen-bond donors (Lipinski definition) is 1. The fraction of sp³-hybridized carbons (Fsp3) is 0.375. The topological polar surface area (TPSA) is 75.4 Å². The Hall–Kier alpha value is -1.85. The SMILES string of the molecule is Cc1cc(CN2C(=O)CNC2=O)no1. The van der Waals surface area contributed by atoms with Crippen LogP contribution < -0.4 is 5.32 Å². The second kappa shape index (κ2) is 3.13. The van der Waals surface area contributed by atoms with Gasteiger partial charge in [0.2, 0.25) is 5.91 Å². The molecule has 1 aliphatic heterocycles. The fourth-order valence-electron chi connectivity index (χ4n) is 1.27. The number of carbonyl (C=O) groups is 2. The Balaban J connectivity index is 2.10. The number of rotatable bonds is 2. The lowest BCUT2D eigenvalue weighted by atomic mass is 10.3. The fourth-order valence-corrected chi connectivity index (χ4v) is 1.27. The molecule has 2 heterocycles. The summed E-state index contributed by atoms with van der Waals surface area (Å²) in [7, 11) is 0. The van der Waals surface area contributed by atoms with Crippen molar-refractivity contribution in [1.82, 2.24) is 15.4 Å². The van der Waals surface area contributed by atoms with E-state index in [-0.39, 0.29) is 25.0 Å². The van der Waals surface area contributed by atoms with E-state index in [9.17, 15) is 9.59 Å². The van der Waals surface area contributed by atoms with Gasteiger partial charge in [-0.3, -0.25) is 9.69 Å². The zero-order chi connectivity index (χ0) is 10.1. The molecule has 0 aromatic carbocycles. The van der Waals surface area contributed by atoms with Gasteiger partial charge in [-0.1, -0.05) is 5.16 Å². The molecular weight excluding hydrogens is 186 g/mol. The molecule has 1 N–H and O–H groups in total. The molecule has 6 nitrogen and oxygen atoms in total. The van der Waals surface area contributed by atoms with Gasteiger partial charge in [0.1, 0.15) is 11.5 Å². The lowest BCUT2D eigenvalue weighted by molar-refractivity contribution is -0.125. The number of carbonyl (C=O) groups excluding carboxylic acids is 2. The largest absolute Gasteiger partial charge is 0.361 e. The van der Waals surface area contributed by atoms with E-state index in [2.05, 4.69) is 10.5 Å². The first-order valence-electron chi connectivity index (χ1n) is 4.17. The minimum Gasteiger partial charge on any atom is -0.361 e. The monoisotopic (exact) mass is 195 g/mol. The maximum atomic E-state index is 11.2. The first kappa shape index (κ1) is 8.74. The van der Waals surface area contributed by atoms with Crippen molar-refractivity contribution in [1.29, 1.82) is 0 Å². The molecule has 74 valence electrons. The minimum absolute atomic E-state index is 0.0651. The van der Waals surface area contributed by atoms with E-state index in [0.29, 0.717) is 11.5 Å². The third-order valence-corrected chi connectivity index (χ3v) is 1.93. The Morgan fingerprint density at radius 3 is 2.93 bits per heavy atom. The summed E-state index contributed by atoms with van der Waals surface area (Å²) in [6, 6.07) is 1.31. The van der Waals surface area contributed by atoms with Crippen molar-refractivity contribution in [3.05, 3.63) is 17.5 Å². The molecule has 1 saturated heterocycles. The van der Waals surface area contributed by atoms with Crippen LogP contribution in [0.25, 0.3) is 0 Å². The third-order valence-electron chi connectivity index (χ3n) is 1.93. The van der Waals surface area contributed by atoms with Gasteiger partial charge in [-0.2, -0.15) is 0 Å². The quantitative estimate of drug-likeness (QED) is 0.676. The zero-order valence-corrected chi connectivity index (χ0v) is 7.61. The molecule has 6 heteroatoms. The molecular formula is C8H9N3O3. The highest BCUT2D eigenvalue weighted by atomic mass is 16.5. The van der Waals surface area contributed by atoms with Crippen molar-refractivity contribution in [3.63, 3.8) is 0 Å². The summed E-state index contributed by atoms with van der Waals surface area (Å²) < 4.78 is 4.83. The molecule has 14 heavy (non-hydrogen) atoms. The van der Waals surface area contributed by atoms with Crippen LogP contribution >= 0.6 is 0 Å². The molecule has 1 aliphatic rings. The predicted molar refractivity (Wildman–Crippen MR) is 45.2 cm³/mol. The summed E-state index contributed by atoms with van der Waals surface area (Å²) in [5.41, 5.74) is 0.577. The number of urea groups is 1. The lowest BCUT2D eigenvalue weighted by Gasteiger charge is -2.08. The van der Waals surface area contributed by atoms with Crippen molar-refractivity contribution in [2.45, 2.75) is 13.5 Å². The van der Waals surface area contributed by atoms with E-state index >= 15 is 0 Å². The van der Waals surface area contributed by atoms with Gasteiger partial charge >= 0.3 is 6.03 Å². The number of amides is 3. The van der Waals surface area contributed by atoms with Crippen LogP contribution in [0.15, 0.2) is 10.6 Å². The van der Waals surface area contributed by atoms with Crippen LogP contribution in [0.2, 0.25) is 0 Å². The van der Waals surface area contributed by atoms with E-state index < -0.39 is 0 Å². The van der Waals surface area contributed by atoms with Gasteiger partial charge < -0.3 is 9.84 Å². The average Bonchev–Trinajstić information content (AvgIpc) is 2.67. The van der Waals surface area contributed by atoms with Crippen molar-refractivity contribution in [3.8, 4) is 0 Å². The molecule has 1 aromatic rings. The molecule has 0 radical (unpaired) electrons. The second-order valence-corrected chi connectivity index (χ2v) is 3.07. The van der Waals surface area contributed by atoms with Gasteiger partial charge in [0.25, 0.3) is 0 Å². The molecule has 0 spiro atoms. The van der Waals surface area contributed by atoms with Crippen LogP contribution in [0.3, 0.4) is 0 Å². The van der Waals surface area contributed by atoms with E-state index in [4.69, 9.17) is 4.52 Å². The van der Waals surface area contributed by atoms with Crippen molar-refractivity contribution in [2.75, 3.05) is 6.54 Å². The number of nitrogens with one attached hydrogen (secondary N) is 1. The summed E-state index contributed by atoms with van der Waals surface area (Å²) in [5.74, 6) is 0.419. The third kappa shape index (κ3) is 1.46. The Morgan fingerprint density at radius 1 is 1.64 bits per heavy atom. The number of aromatic nitrogens is 1. The van der Waals surface area contributed by atoms with E-state index in [0.717, 1.165) is 4.90 Å². The van der Waals surface area contributed by atoms with Crippen LogP contribution in [0.5, 0.6) is 0 Å². The summed E-state index contributed by atoms with van der Waals surface area (Å²) in [6.07, 6.45) is 0. The molecule has 0 atom stereocenters. The first-order chi connectivity index (χ1) is 6.66. The molecule has 2 rings (SSSR count). The van der Waals surface area contributed by atoms with Crippen LogP contribution in [0.4, 0.5) is 4.79 Å². The molecule has 3 amide bonds.